The van der Waals surface area contributed by atoms with E-state index in [1.54, 1.807) is 4.57 Å². The maximum Gasteiger partial charge on any atom is 0.414 e. The smallest absolute Gasteiger partial charge is 0.414 e. The second kappa shape index (κ2) is 8.79. The number of imidazole rings is 1. The number of ether oxygens (including phenoxy) is 1. The van der Waals surface area contributed by atoms with E-state index in [2.05, 4.69) is 37.9 Å². The average molecular weight is 397 g/mol. The minimum atomic E-state index is -0.499. The Bertz CT molecular complexity index is 690. The van der Waals surface area contributed by atoms with Crippen molar-refractivity contribution in [3.05, 3.63) is 50.6 Å². The second-order valence-corrected chi connectivity index (χ2v) is 6.00. The van der Waals surface area contributed by atoms with Crippen molar-refractivity contribution in [3.8, 4) is 6.01 Å². The molecular formula is C16H21BrN4O3. The van der Waals surface area contributed by atoms with Crippen LogP contribution in [0.1, 0.15) is 19.4 Å². The average Bonchev–Trinajstić information content (AvgIpc) is 2.95. The number of hydrogen-bond donors (Lipinski definition) is 0. The number of rotatable bonds is 3. The molecule has 0 fully saturated rings. The van der Waals surface area contributed by atoms with Crippen molar-refractivity contribution in [1.82, 2.24) is 14.5 Å². The van der Waals surface area contributed by atoms with E-state index in [0.29, 0.717) is 19.2 Å². The first-order valence-corrected chi connectivity index (χ1v) is 8.72. The maximum atomic E-state index is 10.8. The predicted molar refractivity (Wildman–Crippen MR) is 95.1 cm³/mol. The summed E-state index contributed by atoms with van der Waals surface area (Å²) in [5, 5.41) is 10.8. The van der Waals surface area contributed by atoms with E-state index in [1.807, 2.05) is 26.0 Å². The molecule has 0 spiro atoms. The molecule has 2 aromatic rings. The van der Waals surface area contributed by atoms with Gasteiger partial charge in [-0.25, -0.2) is 0 Å². The summed E-state index contributed by atoms with van der Waals surface area (Å²) < 4.78 is 8.30. The zero-order chi connectivity index (χ0) is 17.5. The summed E-state index contributed by atoms with van der Waals surface area (Å²) in [6, 6.07) is 8.51. The molecule has 1 aromatic carbocycles. The number of nitrogens with zero attached hydrogens (tertiary/aromatic N) is 4. The van der Waals surface area contributed by atoms with Crippen molar-refractivity contribution in [2.45, 2.75) is 26.9 Å². The lowest BCUT2D eigenvalue weighted by Crippen LogP contribution is -2.33. The van der Waals surface area contributed by atoms with Crippen LogP contribution in [0.3, 0.4) is 0 Å². The van der Waals surface area contributed by atoms with E-state index in [1.165, 1.54) is 11.8 Å². The van der Waals surface area contributed by atoms with Gasteiger partial charge in [-0.2, -0.15) is 0 Å². The van der Waals surface area contributed by atoms with Crippen LogP contribution in [0.5, 0.6) is 6.01 Å². The molecule has 1 aliphatic rings. The molecule has 130 valence electrons. The minimum absolute atomic E-state index is 0.171. The van der Waals surface area contributed by atoms with Crippen LogP contribution >= 0.6 is 15.9 Å². The highest BCUT2D eigenvalue weighted by Gasteiger charge is 2.22. The Kier molecular flexibility index (Phi) is 6.74. The Morgan fingerprint density at radius 3 is 2.83 bits per heavy atom. The molecule has 0 bridgehead atoms. The zero-order valence-electron chi connectivity index (χ0n) is 13.8. The third-order valence-electron chi connectivity index (χ3n) is 3.51. The monoisotopic (exact) mass is 396 g/mol. The highest BCUT2D eigenvalue weighted by Crippen LogP contribution is 2.20. The van der Waals surface area contributed by atoms with Gasteiger partial charge in [-0.1, -0.05) is 41.9 Å². The summed E-state index contributed by atoms with van der Waals surface area (Å²) in [7, 11) is 0. The lowest BCUT2D eigenvalue weighted by molar-refractivity contribution is -0.389. The molecule has 0 radical (unpaired) electrons. The van der Waals surface area contributed by atoms with E-state index in [-0.39, 0.29) is 5.82 Å². The molecule has 24 heavy (non-hydrogen) atoms. The van der Waals surface area contributed by atoms with Crippen molar-refractivity contribution < 1.29 is 9.66 Å². The minimum Gasteiger partial charge on any atom is -0.444 e. The van der Waals surface area contributed by atoms with Crippen molar-refractivity contribution >= 4 is 21.7 Å². The largest absolute Gasteiger partial charge is 0.444 e. The van der Waals surface area contributed by atoms with Gasteiger partial charge in [0.15, 0.2) is 0 Å². The van der Waals surface area contributed by atoms with Crippen LogP contribution in [0.25, 0.3) is 0 Å². The number of aromatic nitrogens is 2. The second-order valence-electron chi connectivity index (χ2n) is 5.09. The van der Waals surface area contributed by atoms with Crippen LogP contribution < -0.4 is 4.74 Å². The number of hydrogen-bond acceptors (Lipinski definition) is 5. The Balaban J connectivity index is 0.00000100. The molecular weight excluding hydrogens is 376 g/mol. The van der Waals surface area contributed by atoms with Gasteiger partial charge in [0.1, 0.15) is 12.8 Å². The molecule has 0 amide bonds. The Morgan fingerprint density at radius 1 is 1.33 bits per heavy atom. The predicted octanol–water partition coefficient (Wildman–Crippen LogP) is 3.47. The molecule has 0 saturated carbocycles. The number of fused-ring (bicyclic) bond motifs is 1. The topological polar surface area (TPSA) is 73.4 Å². The molecule has 1 aliphatic heterocycles. The van der Waals surface area contributed by atoms with Gasteiger partial charge in [0.25, 0.3) is 0 Å². The Hall–Kier alpha value is -1.93. The highest BCUT2D eigenvalue weighted by atomic mass is 79.9. The van der Waals surface area contributed by atoms with Gasteiger partial charge in [0.05, 0.1) is 0 Å². The van der Waals surface area contributed by atoms with E-state index in [9.17, 15) is 10.1 Å². The Morgan fingerprint density at radius 2 is 2.12 bits per heavy atom. The number of halogens is 1. The normalized spacial score (nSPS) is 14.5. The van der Waals surface area contributed by atoms with E-state index in [4.69, 9.17) is 4.74 Å². The fourth-order valence-corrected chi connectivity index (χ4v) is 2.87. The standard InChI is InChI=1S/C14H15BrN4O3.C2H6/c15-12-3-1-2-11(8-12)9-17-4-5-18-10-13(19(20)21)16-14(18)22-7-6-17;1-2/h1-3,8,10H,4-7,9H2;1-2H3. The fraction of sp³-hybridized carbons (Fsp3) is 0.438. The van der Waals surface area contributed by atoms with Gasteiger partial charge in [-0.3, -0.25) is 9.47 Å². The van der Waals surface area contributed by atoms with Gasteiger partial charge in [0, 0.05) is 35.6 Å². The SMILES string of the molecule is CC.O=[N+]([O-])c1cn2c(n1)OCCN(Cc1cccc(Br)c1)CC2. The van der Waals surface area contributed by atoms with Crippen LogP contribution in [-0.2, 0) is 13.1 Å². The summed E-state index contributed by atoms with van der Waals surface area (Å²) in [5.41, 5.74) is 1.21. The lowest BCUT2D eigenvalue weighted by Gasteiger charge is -2.24. The molecule has 2 heterocycles. The zero-order valence-corrected chi connectivity index (χ0v) is 15.4. The molecule has 0 atom stereocenters. The quantitative estimate of drug-likeness (QED) is 0.586. The van der Waals surface area contributed by atoms with Gasteiger partial charge in [0.2, 0.25) is 0 Å². The van der Waals surface area contributed by atoms with Crippen LogP contribution in [0.15, 0.2) is 34.9 Å². The summed E-state index contributed by atoms with van der Waals surface area (Å²) in [4.78, 5) is 16.4. The number of benzene rings is 1. The molecule has 0 saturated heterocycles. The molecule has 8 heteroatoms. The number of nitro groups is 1. The van der Waals surface area contributed by atoms with E-state index in [0.717, 1.165) is 24.1 Å². The lowest BCUT2D eigenvalue weighted by atomic mass is 10.2. The van der Waals surface area contributed by atoms with Crippen molar-refractivity contribution in [1.29, 1.82) is 0 Å². The van der Waals surface area contributed by atoms with Crippen LogP contribution in [-0.4, -0.2) is 39.1 Å². The maximum absolute atomic E-state index is 10.8. The van der Waals surface area contributed by atoms with Crippen molar-refractivity contribution in [2.75, 3.05) is 19.7 Å². The summed E-state index contributed by atoms with van der Waals surface area (Å²) >= 11 is 3.47. The molecule has 0 N–H and O–H groups in total. The van der Waals surface area contributed by atoms with Gasteiger partial charge in [-0.15, -0.1) is 0 Å². The molecule has 0 aliphatic carbocycles. The van der Waals surface area contributed by atoms with E-state index >= 15 is 0 Å². The first kappa shape index (κ1) is 18.4. The van der Waals surface area contributed by atoms with Gasteiger partial charge < -0.3 is 14.9 Å². The highest BCUT2D eigenvalue weighted by molar-refractivity contribution is 9.10. The summed E-state index contributed by atoms with van der Waals surface area (Å²) in [5.74, 6) is -0.171. The van der Waals surface area contributed by atoms with Gasteiger partial charge in [-0.05, 0) is 22.6 Å². The fourth-order valence-electron chi connectivity index (χ4n) is 2.43. The van der Waals surface area contributed by atoms with Crippen LogP contribution in [0.2, 0.25) is 0 Å². The van der Waals surface area contributed by atoms with Crippen molar-refractivity contribution in [2.24, 2.45) is 0 Å². The van der Waals surface area contributed by atoms with Crippen LogP contribution in [0.4, 0.5) is 5.82 Å². The first-order valence-electron chi connectivity index (χ1n) is 7.93. The van der Waals surface area contributed by atoms with E-state index < -0.39 is 4.92 Å². The summed E-state index contributed by atoms with van der Waals surface area (Å²) in [6.07, 6.45) is 1.43. The summed E-state index contributed by atoms with van der Waals surface area (Å²) in [6.45, 7) is 7.44. The molecule has 0 unspecified atom stereocenters. The first-order chi connectivity index (χ1) is 11.6. The van der Waals surface area contributed by atoms with Gasteiger partial charge >= 0.3 is 11.8 Å². The van der Waals surface area contributed by atoms with Crippen molar-refractivity contribution in [3.63, 3.8) is 0 Å². The third kappa shape index (κ3) is 4.78. The molecule has 1 aromatic heterocycles. The Labute approximate surface area is 149 Å². The third-order valence-corrected chi connectivity index (χ3v) is 4.00. The molecule has 3 rings (SSSR count). The van der Waals surface area contributed by atoms with Crippen LogP contribution in [0, 0.1) is 10.1 Å². The molecule has 7 nitrogen and oxygen atoms in total.